The summed E-state index contributed by atoms with van der Waals surface area (Å²) in [5.41, 5.74) is 1.70. The van der Waals surface area contributed by atoms with Gasteiger partial charge in [0.2, 0.25) is 5.91 Å². The summed E-state index contributed by atoms with van der Waals surface area (Å²) in [6.07, 6.45) is 4.18. The molecule has 8 heteroatoms. The summed E-state index contributed by atoms with van der Waals surface area (Å²) in [6, 6.07) is 8.52. The molecule has 3 heterocycles. The number of carbonyl (C=O) groups excluding carboxylic acids is 2. The second kappa shape index (κ2) is 8.24. The number of hydrogen-bond acceptors (Lipinski definition) is 5. The summed E-state index contributed by atoms with van der Waals surface area (Å²) in [4.78, 5) is 35.2. The minimum Gasteiger partial charge on any atom is -0.356 e. The number of amides is 2. The van der Waals surface area contributed by atoms with Gasteiger partial charge in [0.15, 0.2) is 6.10 Å². The lowest BCUT2D eigenvalue weighted by Crippen LogP contribution is -2.54. The fraction of sp³-hybridized carbons (Fsp3) is 0.400. The molecule has 2 aliphatic heterocycles. The highest BCUT2D eigenvalue weighted by Gasteiger charge is 2.40. The molecular weight excluding hydrogens is 380 g/mol. The molecule has 0 saturated carbocycles. The first-order valence-corrected chi connectivity index (χ1v) is 9.71. The number of halogens is 1. The lowest BCUT2D eigenvalue weighted by atomic mass is 9.92. The second-order valence-electron chi connectivity index (χ2n) is 7.03. The van der Waals surface area contributed by atoms with Crippen LogP contribution in [0.2, 0.25) is 5.02 Å². The van der Waals surface area contributed by atoms with Gasteiger partial charge < -0.3 is 15.0 Å². The molecule has 28 heavy (non-hydrogen) atoms. The number of benzene rings is 1. The van der Waals surface area contributed by atoms with E-state index in [0.29, 0.717) is 29.6 Å². The third-order valence-corrected chi connectivity index (χ3v) is 5.67. The number of hydrogen-bond donors (Lipinski definition) is 1. The van der Waals surface area contributed by atoms with Crippen LogP contribution in [0, 0.1) is 0 Å². The Labute approximate surface area is 168 Å². The quantitative estimate of drug-likeness (QED) is 0.852. The van der Waals surface area contributed by atoms with Gasteiger partial charge in [-0.15, -0.1) is 0 Å². The molecule has 2 atom stereocenters. The summed E-state index contributed by atoms with van der Waals surface area (Å²) in [5, 5.41) is 3.36. The third kappa shape index (κ3) is 3.86. The maximum atomic E-state index is 13.2. The SMILES string of the molecule is O=C1CO[C@H](C(=O)N2CCC(c3ccncn3)CC2)[C@@H](c2ccccc2Cl)N1. The molecule has 4 rings (SSSR count). The molecule has 2 saturated heterocycles. The molecule has 1 N–H and O–H groups in total. The molecule has 0 aliphatic carbocycles. The minimum atomic E-state index is -0.784. The van der Waals surface area contributed by atoms with Crippen molar-refractivity contribution in [2.45, 2.75) is 30.9 Å². The first kappa shape index (κ1) is 18.8. The predicted octanol–water partition coefficient (Wildman–Crippen LogP) is 2.09. The average molecular weight is 401 g/mol. The zero-order chi connectivity index (χ0) is 19.5. The van der Waals surface area contributed by atoms with Crippen molar-refractivity contribution in [2.75, 3.05) is 19.7 Å². The highest BCUT2D eigenvalue weighted by Crippen LogP contribution is 2.31. The van der Waals surface area contributed by atoms with Gasteiger partial charge in [-0.25, -0.2) is 9.97 Å². The van der Waals surface area contributed by atoms with Crippen molar-refractivity contribution in [1.29, 1.82) is 0 Å². The van der Waals surface area contributed by atoms with Crippen molar-refractivity contribution in [3.63, 3.8) is 0 Å². The van der Waals surface area contributed by atoms with Gasteiger partial charge in [-0.05, 0) is 30.5 Å². The Bertz CT molecular complexity index is 856. The van der Waals surface area contributed by atoms with Crippen molar-refractivity contribution in [3.8, 4) is 0 Å². The lowest BCUT2D eigenvalue weighted by Gasteiger charge is -2.38. The largest absolute Gasteiger partial charge is 0.356 e. The normalized spacial score (nSPS) is 23.3. The van der Waals surface area contributed by atoms with E-state index in [1.165, 1.54) is 0 Å². The Kier molecular flexibility index (Phi) is 5.54. The lowest BCUT2D eigenvalue weighted by molar-refractivity contribution is -0.156. The molecule has 0 radical (unpaired) electrons. The van der Waals surface area contributed by atoms with Crippen LogP contribution in [0.25, 0.3) is 0 Å². The third-order valence-electron chi connectivity index (χ3n) is 5.33. The van der Waals surface area contributed by atoms with Gasteiger partial charge in [-0.3, -0.25) is 9.59 Å². The molecule has 0 unspecified atom stereocenters. The van der Waals surface area contributed by atoms with Crippen LogP contribution < -0.4 is 5.32 Å². The summed E-state index contributed by atoms with van der Waals surface area (Å²) >= 11 is 6.30. The van der Waals surface area contributed by atoms with Gasteiger partial charge in [0, 0.05) is 35.9 Å². The van der Waals surface area contributed by atoms with Gasteiger partial charge in [0.05, 0.1) is 6.04 Å². The predicted molar refractivity (Wildman–Crippen MR) is 103 cm³/mol. The first-order valence-electron chi connectivity index (χ1n) is 9.33. The molecular formula is C20H21ClN4O3. The topological polar surface area (TPSA) is 84.4 Å². The molecule has 1 aromatic heterocycles. The highest BCUT2D eigenvalue weighted by molar-refractivity contribution is 6.31. The van der Waals surface area contributed by atoms with E-state index in [2.05, 4.69) is 15.3 Å². The van der Waals surface area contributed by atoms with Crippen molar-refractivity contribution in [1.82, 2.24) is 20.2 Å². The van der Waals surface area contributed by atoms with Crippen molar-refractivity contribution < 1.29 is 14.3 Å². The van der Waals surface area contributed by atoms with E-state index in [1.807, 2.05) is 29.2 Å². The maximum absolute atomic E-state index is 13.2. The zero-order valence-corrected chi connectivity index (χ0v) is 16.0. The smallest absolute Gasteiger partial charge is 0.254 e. The molecule has 2 amide bonds. The van der Waals surface area contributed by atoms with Crippen molar-refractivity contribution in [3.05, 3.63) is 59.1 Å². The van der Waals surface area contributed by atoms with Crippen LogP contribution >= 0.6 is 11.6 Å². The fourth-order valence-electron chi connectivity index (χ4n) is 3.85. The Morgan fingerprint density at radius 2 is 2.00 bits per heavy atom. The van der Waals surface area contributed by atoms with E-state index in [-0.39, 0.29) is 18.4 Å². The van der Waals surface area contributed by atoms with Gasteiger partial charge >= 0.3 is 0 Å². The van der Waals surface area contributed by atoms with Crippen LogP contribution in [-0.4, -0.2) is 52.5 Å². The van der Waals surface area contributed by atoms with Gasteiger partial charge in [0.25, 0.3) is 5.91 Å². The Balaban J connectivity index is 1.47. The van der Waals surface area contributed by atoms with Gasteiger partial charge in [-0.2, -0.15) is 0 Å². The van der Waals surface area contributed by atoms with E-state index < -0.39 is 12.1 Å². The zero-order valence-electron chi connectivity index (χ0n) is 15.3. The van der Waals surface area contributed by atoms with Crippen LogP contribution in [0.4, 0.5) is 0 Å². The molecule has 1 aromatic carbocycles. The number of nitrogens with zero attached hydrogens (tertiary/aromatic N) is 3. The van der Waals surface area contributed by atoms with Crippen LogP contribution in [0.5, 0.6) is 0 Å². The standard InChI is InChI=1S/C20H21ClN4O3/c21-15-4-2-1-3-14(15)18-19(28-11-17(26)24-18)20(27)25-9-6-13(7-10-25)16-5-8-22-12-23-16/h1-5,8,12-13,18-19H,6-7,9-11H2,(H,24,26)/t18-,19+/m1/s1. The number of nitrogens with one attached hydrogen (secondary N) is 1. The van der Waals surface area contributed by atoms with E-state index in [1.54, 1.807) is 18.6 Å². The summed E-state index contributed by atoms with van der Waals surface area (Å²) < 4.78 is 5.66. The molecule has 2 aliphatic rings. The number of carbonyl (C=O) groups is 2. The van der Waals surface area contributed by atoms with Crippen LogP contribution in [0.3, 0.4) is 0 Å². The van der Waals surface area contributed by atoms with Crippen LogP contribution in [-0.2, 0) is 14.3 Å². The highest BCUT2D eigenvalue weighted by atomic mass is 35.5. The molecule has 146 valence electrons. The monoisotopic (exact) mass is 400 g/mol. The fourth-order valence-corrected chi connectivity index (χ4v) is 4.11. The summed E-state index contributed by atoms with van der Waals surface area (Å²) in [6.45, 7) is 1.11. The molecule has 2 fully saturated rings. The average Bonchev–Trinajstić information content (AvgIpc) is 2.74. The van der Waals surface area contributed by atoms with Crippen molar-refractivity contribution >= 4 is 23.4 Å². The van der Waals surface area contributed by atoms with Gasteiger partial charge in [-0.1, -0.05) is 29.8 Å². The Hall–Kier alpha value is -2.51. The minimum absolute atomic E-state index is 0.119. The number of likely N-dealkylation sites (tertiary alicyclic amines) is 1. The summed E-state index contributed by atoms with van der Waals surface area (Å²) in [7, 11) is 0. The van der Waals surface area contributed by atoms with Gasteiger partial charge in [0.1, 0.15) is 12.9 Å². The first-order chi connectivity index (χ1) is 13.6. The maximum Gasteiger partial charge on any atom is 0.254 e. The molecule has 0 bridgehead atoms. The van der Waals surface area contributed by atoms with Crippen LogP contribution in [0.1, 0.15) is 36.1 Å². The second-order valence-corrected chi connectivity index (χ2v) is 7.44. The molecule has 2 aromatic rings. The Morgan fingerprint density at radius 1 is 1.21 bits per heavy atom. The molecule has 7 nitrogen and oxygen atoms in total. The molecule has 0 spiro atoms. The van der Waals surface area contributed by atoms with E-state index in [4.69, 9.17) is 16.3 Å². The summed E-state index contributed by atoms with van der Waals surface area (Å²) in [5.74, 6) is -0.0547. The van der Waals surface area contributed by atoms with E-state index in [9.17, 15) is 9.59 Å². The van der Waals surface area contributed by atoms with Crippen molar-refractivity contribution in [2.24, 2.45) is 0 Å². The van der Waals surface area contributed by atoms with E-state index >= 15 is 0 Å². The number of aromatic nitrogens is 2. The van der Waals surface area contributed by atoms with Crippen LogP contribution in [0.15, 0.2) is 42.9 Å². The Morgan fingerprint density at radius 3 is 2.71 bits per heavy atom. The number of morpholine rings is 1. The number of ether oxygens (including phenoxy) is 1. The number of rotatable bonds is 3. The van der Waals surface area contributed by atoms with E-state index in [0.717, 1.165) is 18.5 Å². The number of piperidine rings is 1.